The number of sulfonamides is 1. The van der Waals surface area contributed by atoms with Crippen molar-refractivity contribution in [3.05, 3.63) is 66.4 Å². The van der Waals surface area contributed by atoms with Gasteiger partial charge in [0.05, 0.1) is 11.4 Å². The monoisotopic (exact) mass is 368 g/mol. The predicted octanol–water partition coefficient (Wildman–Crippen LogP) is 3.39. The molecular weight excluding hydrogens is 348 g/mol. The molecule has 2 aromatic carbocycles. The van der Waals surface area contributed by atoms with Crippen LogP contribution >= 0.6 is 0 Å². The van der Waals surface area contributed by atoms with Crippen LogP contribution < -0.4 is 4.74 Å². The molecule has 0 spiro atoms. The molecular formula is C20H20N2O3S. The number of fused-ring (bicyclic) bond motifs is 1. The Hall–Kier alpha value is -2.44. The summed E-state index contributed by atoms with van der Waals surface area (Å²) < 4.78 is 33.7. The van der Waals surface area contributed by atoms with E-state index < -0.39 is 10.0 Å². The normalized spacial score (nSPS) is 18.3. The number of nitrogens with zero attached hydrogens (tertiary/aromatic N) is 2. The second-order valence-corrected chi connectivity index (χ2v) is 8.45. The molecule has 2 heterocycles. The number of aryl methyl sites for hydroxylation is 1. The van der Waals surface area contributed by atoms with Gasteiger partial charge in [0.15, 0.2) is 0 Å². The van der Waals surface area contributed by atoms with E-state index in [1.165, 1.54) is 4.31 Å². The number of hydrogen-bond donors (Lipinski definition) is 0. The highest BCUT2D eigenvalue weighted by Gasteiger charge is 2.34. The molecule has 1 atom stereocenters. The smallest absolute Gasteiger partial charge is 0.243 e. The van der Waals surface area contributed by atoms with Crippen molar-refractivity contribution in [1.82, 2.24) is 9.29 Å². The SMILES string of the molecule is Cc1ccc(OC2CCN(S(=O)(=O)c3cccc4ccccc34)C2)nc1. The molecule has 0 saturated carbocycles. The van der Waals surface area contributed by atoms with Gasteiger partial charge in [0, 0.05) is 24.2 Å². The summed E-state index contributed by atoms with van der Waals surface area (Å²) in [5.41, 5.74) is 1.06. The minimum atomic E-state index is -3.56. The van der Waals surface area contributed by atoms with Gasteiger partial charge in [-0.25, -0.2) is 13.4 Å². The highest BCUT2D eigenvalue weighted by Crippen LogP contribution is 2.28. The third-order valence-electron chi connectivity index (χ3n) is 4.65. The van der Waals surface area contributed by atoms with E-state index in [0.29, 0.717) is 30.3 Å². The fourth-order valence-electron chi connectivity index (χ4n) is 3.27. The van der Waals surface area contributed by atoms with Gasteiger partial charge in [0.1, 0.15) is 6.10 Å². The highest BCUT2D eigenvalue weighted by molar-refractivity contribution is 7.89. The fourth-order valence-corrected chi connectivity index (χ4v) is 4.97. The molecule has 1 aliphatic heterocycles. The molecule has 1 aromatic heterocycles. The molecule has 1 aliphatic rings. The van der Waals surface area contributed by atoms with Crippen LogP contribution in [0.5, 0.6) is 5.88 Å². The first-order valence-corrected chi connectivity index (χ1v) is 10.1. The number of pyridine rings is 1. The molecule has 3 aromatic rings. The van der Waals surface area contributed by atoms with Crippen LogP contribution in [-0.4, -0.2) is 36.9 Å². The predicted molar refractivity (Wildman–Crippen MR) is 101 cm³/mol. The molecule has 0 N–H and O–H groups in total. The van der Waals surface area contributed by atoms with E-state index in [1.807, 2.05) is 49.4 Å². The van der Waals surface area contributed by atoms with Crippen LogP contribution in [-0.2, 0) is 10.0 Å². The Kier molecular flexibility index (Phi) is 4.38. The minimum Gasteiger partial charge on any atom is -0.473 e. The van der Waals surface area contributed by atoms with E-state index in [-0.39, 0.29) is 6.10 Å². The van der Waals surface area contributed by atoms with Crippen LogP contribution in [0.2, 0.25) is 0 Å². The zero-order valence-corrected chi connectivity index (χ0v) is 15.3. The summed E-state index contributed by atoms with van der Waals surface area (Å²) in [7, 11) is -3.56. The molecule has 6 heteroatoms. The van der Waals surface area contributed by atoms with Crippen LogP contribution in [0.4, 0.5) is 0 Å². The lowest BCUT2D eigenvalue weighted by Crippen LogP contribution is -2.31. The molecule has 0 aliphatic carbocycles. The zero-order valence-electron chi connectivity index (χ0n) is 14.5. The second-order valence-electron chi connectivity index (χ2n) is 6.54. The van der Waals surface area contributed by atoms with E-state index in [2.05, 4.69) is 4.98 Å². The maximum Gasteiger partial charge on any atom is 0.243 e. The Morgan fingerprint density at radius 1 is 1.08 bits per heavy atom. The summed E-state index contributed by atoms with van der Waals surface area (Å²) >= 11 is 0. The van der Waals surface area contributed by atoms with Gasteiger partial charge in [-0.1, -0.05) is 42.5 Å². The second kappa shape index (κ2) is 6.70. The standard InChI is InChI=1S/C20H20N2O3S/c1-15-9-10-20(21-13-15)25-17-11-12-22(14-17)26(23,24)19-8-4-6-16-5-2-3-7-18(16)19/h2-10,13,17H,11-12,14H2,1H3. The lowest BCUT2D eigenvalue weighted by Gasteiger charge is -2.18. The van der Waals surface area contributed by atoms with Crippen molar-refractivity contribution < 1.29 is 13.2 Å². The first-order valence-electron chi connectivity index (χ1n) is 8.61. The third-order valence-corrected chi connectivity index (χ3v) is 6.57. The Morgan fingerprint density at radius 3 is 2.69 bits per heavy atom. The molecule has 1 unspecified atom stereocenters. The quantitative estimate of drug-likeness (QED) is 0.708. The van der Waals surface area contributed by atoms with Gasteiger partial charge in [-0.2, -0.15) is 4.31 Å². The van der Waals surface area contributed by atoms with Crippen molar-refractivity contribution >= 4 is 20.8 Å². The molecule has 0 radical (unpaired) electrons. The Labute approximate surface area is 153 Å². The van der Waals surface area contributed by atoms with Crippen molar-refractivity contribution in [2.45, 2.75) is 24.3 Å². The number of ether oxygens (including phenoxy) is 1. The van der Waals surface area contributed by atoms with E-state index in [0.717, 1.165) is 16.3 Å². The lowest BCUT2D eigenvalue weighted by molar-refractivity contribution is 0.207. The molecule has 1 fully saturated rings. The molecule has 1 saturated heterocycles. The van der Waals surface area contributed by atoms with E-state index in [9.17, 15) is 8.42 Å². The first-order chi connectivity index (χ1) is 12.5. The average Bonchev–Trinajstić information content (AvgIpc) is 3.12. The summed E-state index contributed by atoms with van der Waals surface area (Å²) in [6.45, 7) is 2.74. The Balaban J connectivity index is 1.56. The van der Waals surface area contributed by atoms with Crippen LogP contribution in [0.25, 0.3) is 10.8 Å². The zero-order chi connectivity index (χ0) is 18.1. The van der Waals surface area contributed by atoms with Crippen LogP contribution in [0.1, 0.15) is 12.0 Å². The van der Waals surface area contributed by atoms with Crippen molar-refractivity contribution in [3.63, 3.8) is 0 Å². The summed E-state index contributed by atoms with van der Waals surface area (Å²) in [5, 5.41) is 1.67. The van der Waals surface area contributed by atoms with Gasteiger partial charge < -0.3 is 4.74 Å². The van der Waals surface area contributed by atoms with Crippen molar-refractivity contribution in [1.29, 1.82) is 0 Å². The van der Waals surface area contributed by atoms with Crippen molar-refractivity contribution in [2.24, 2.45) is 0 Å². The van der Waals surface area contributed by atoms with E-state index in [1.54, 1.807) is 18.3 Å². The summed E-state index contributed by atoms with van der Waals surface area (Å²) in [6, 6.07) is 16.7. The van der Waals surface area contributed by atoms with Crippen molar-refractivity contribution in [3.8, 4) is 5.88 Å². The van der Waals surface area contributed by atoms with Crippen LogP contribution in [0.15, 0.2) is 65.7 Å². The van der Waals surface area contributed by atoms with Gasteiger partial charge in [0.2, 0.25) is 15.9 Å². The molecule has 0 amide bonds. The molecule has 0 bridgehead atoms. The minimum absolute atomic E-state index is 0.185. The van der Waals surface area contributed by atoms with Gasteiger partial charge >= 0.3 is 0 Å². The van der Waals surface area contributed by atoms with Gasteiger partial charge in [-0.3, -0.25) is 0 Å². The maximum absolute atomic E-state index is 13.1. The largest absolute Gasteiger partial charge is 0.473 e. The van der Waals surface area contributed by atoms with Gasteiger partial charge in [0.25, 0.3) is 0 Å². The van der Waals surface area contributed by atoms with Crippen molar-refractivity contribution in [2.75, 3.05) is 13.1 Å². The molecule has 5 nitrogen and oxygen atoms in total. The van der Waals surface area contributed by atoms with E-state index in [4.69, 9.17) is 4.74 Å². The Bertz CT molecular complexity index is 1030. The van der Waals surface area contributed by atoms with Gasteiger partial charge in [-0.05, 0) is 30.4 Å². The molecule has 134 valence electrons. The first kappa shape index (κ1) is 17.0. The summed E-state index contributed by atoms with van der Waals surface area (Å²) in [4.78, 5) is 4.59. The average molecular weight is 368 g/mol. The highest BCUT2D eigenvalue weighted by atomic mass is 32.2. The fraction of sp³-hybridized carbons (Fsp3) is 0.250. The lowest BCUT2D eigenvalue weighted by atomic mass is 10.1. The maximum atomic E-state index is 13.1. The third kappa shape index (κ3) is 3.18. The molecule has 26 heavy (non-hydrogen) atoms. The van der Waals surface area contributed by atoms with Crippen LogP contribution in [0, 0.1) is 6.92 Å². The number of hydrogen-bond acceptors (Lipinski definition) is 4. The van der Waals surface area contributed by atoms with Gasteiger partial charge in [-0.15, -0.1) is 0 Å². The van der Waals surface area contributed by atoms with E-state index >= 15 is 0 Å². The topological polar surface area (TPSA) is 59.5 Å². The summed E-state index contributed by atoms with van der Waals surface area (Å²) in [5.74, 6) is 0.532. The summed E-state index contributed by atoms with van der Waals surface area (Å²) in [6.07, 6.45) is 2.21. The Morgan fingerprint density at radius 2 is 1.88 bits per heavy atom. The number of benzene rings is 2. The number of aromatic nitrogens is 1. The molecule has 4 rings (SSSR count). The number of rotatable bonds is 4. The van der Waals surface area contributed by atoms with Crippen LogP contribution in [0.3, 0.4) is 0 Å².